The zero-order valence-corrected chi connectivity index (χ0v) is 18.9. The van der Waals surface area contributed by atoms with Crippen LogP contribution in [0.15, 0.2) is 47.4 Å². The molecule has 0 aliphatic rings. The number of nitrogens with zero attached hydrogens (tertiary/aromatic N) is 1. The van der Waals surface area contributed by atoms with Gasteiger partial charge in [0.2, 0.25) is 0 Å². The van der Waals surface area contributed by atoms with Gasteiger partial charge in [-0.05, 0) is 36.1 Å². The molecule has 0 aliphatic carbocycles. The zero-order valence-electron chi connectivity index (χ0n) is 18.1. The largest absolute Gasteiger partial charge is 0.435 e. The number of hydrogen-bond donors (Lipinski definition) is 0. The van der Waals surface area contributed by atoms with Gasteiger partial charge in [0.25, 0.3) is 5.91 Å². The number of benzene rings is 2. The molecule has 0 radical (unpaired) electrons. The van der Waals surface area contributed by atoms with E-state index < -0.39 is 52.8 Å². The Morgan fingerprint density at radius 3 is 1.94 bits per heavy atom. The number of thioether (sulfide) groups is 1. The van der Waals surface area contributed by atoms with Crippen LogP contribution in [0.1, 0.15) is 38.8 Å². The van der Waals surface area contributed by atoms with Crippen molar-refractivity contribution in [1.29, 1.82) is 0 Å². The van der Waals surface area contributed by atoms with E-state index in [1.165, 1.54) is 0 Å². The number of rotatable bonds is 5. The van der Waals surface area contributed by atoms with Crippen LogP contribution >= 0.6 is 11.8 Å². The van der Waals surface area contributed by atoms with Crippen LogP contribution in [0, 0.1) is 0 Å². The highest BCUT2D eigenvalue weighted by Gasteiger charge is 2.73. The fourth-order valence-electron chi connectivity index (χ4n) is 2.89. The minimum absolute atomic E-state index is 0.0296. The topological polar surface area (TPSA) is 46.6 Å². The first kappa shape index (κ1) is 29.3. The first-order valence-corrected chi connectivity index (χ1v) is 10.6. The highest BCUT2D eigenvalue weighted by Crippen LogP contribution is 2.53. The fraction of sp³-hybridized carbons (Fsp3) is 0.333. The molecule has 2 aromatic carbocycles. The molecule has 2 rings (SSSR count). The Morgan fingerprint density at radius 1 is 0.861 bits per heavy atom. The van der Waals surface area contributed by atoms with Gasteiger partial charge in [-0.3, -0.25) is 4.79 Å². The van der Waals surface area contributed by atoms with Crippen LogP contribution in [-0.4, -0.2) is 42.1 Å². The van der Waals surface area contributed by atoms with Gasteiger partial charge >= 0.3 is 30.2 Å². The predicted octanol–water partition coefficient (Wildman–Crippen LogP) is 6.95. The fourth-order valence-corrected chi connectivity index (χ4v) is 3.72. The van der Waals surface area contributed by atoms with Gasteiger partial charge < -0.3 is 4.84 Å². The summed E-state index contributed by atoms with van der Waals surface area (Å²) >= 11 is 0.860. The van der Waals surface area contributed by atoms with Crippen molar-refractivity contribution in [2.45, 2.75) is 36.0 Å². The number of hydroxylamine groups is 2. The van der Waals surface area contributed by atoms with E-state index in [0.717, 1.165) is 24.9 Å². The molecule has 1 amide bonds. The minimum atomic E-state index is -6.42. The molecule has 4 nitrogen and oxygen atoms in total. The van der Waals surface area contributed by atoms with E-state index in [-0.39, 0.29) is 33.4 Å². The molecule has 0 spiro atoms. The van der Waals surface area contributed by atoms with E-state index in [1.807, 2.05) is 0 Å². The second-order valence-electron chi connectivity index (χ2n) is 7.06. The Kier molecular flexibility index (Phi) is 8.28. The molecule has 198 valence electrons. The molecule has 0 atom stereocenters. The lowest BCUT2D eigenvalue weighted by Crippen LogP contribution is -2.50. The third-order valence-electron chi connectivity index (χ3n) is 4.62. The third kappa shape index (κ3) is 5.87. The van der Waals surface area contributed by atoms with Gasteiger partial charge in [-0.2, -0.15) is 44.6 Å². The van der Waals surface area contributed by atoms with Gasteiger partial charge in [0.1, 0.15) is 0 Å². The van der Waals surface area contributed by atoms with Crippen LogP contribution in [0.3, 0.4) is 0 Å². The van der Waals surface area contributed by atoms with Crippen molar-refractivity contribution in [3.63, 3.8) is 0 Å². The van der Waals surface area contributed by atoms with Gasteiger partial charge in [0, 0.05) is 17.5 Å². The van der Waals surface area contributed by atoms with E-state index in [4.69, 9.17) is 0 Å². The Morgan fingerprint density at radius 2 is 1.44 bits per heavy atom. The van der Waals surface area contributed by atoms with Crippen LogP contribution in [0.25, 0.3) is 0 Å². The van der Waals surface area contributed by atoms with E-state index in [9.17, 15) is 53.5 Å². The van der Waals surface area contributed by atoms with Crippen LogP contribution in [0.4, 0.5) is 43.9 Å². The summed E-state index contributed by atoms with van der Waals surface area (Å²) in [5.41, 5.74) is -10.1. The molecule has 0 bridgehead atoms. The lowest BCUT2D eigenvalue weighted by molar-refractivity contribution is -0.348. The second kappa shape index (κ2) is 10.2. The quantitative estimate of drug-likeness (QED) is 0.229. The lowest BCUT2D eigenvalue weighted by Gasteiger charge is -2.30. The Labute approximate surface area is 201 Å². The molecule has 0 saturated carbocycles. The first-order chi connectivity index (χ1) is 16.3. The number of amides is 1. The van der Waals surface area contributed by atoms with Crippen LogP contribution < -0.4 is 0 Å². The van der Waals surface area contributed by atoms with E-state index in [0.29, 0.717) is 24.3 Å². The monoisotopic (exact) mass is 551 g/mol. The van der Waals surface area contributed by atoms with Crippen molar-refractivity contribution in [3.8, 4) is 0 Å². The summed E-state index contributed by atoms with van der Waals surface area (Å²) in [5, 5.41) is 0.230. The van der Waals surface area contributed by atoms with Gasteiger partial charge in [-0.1, -0.05) is 19.1 Å². The predicted molar refractivity (Wildman–Crippen MR) is 107 cm³/mol. The highest BCUT2D eigenvalue weighted by atomic mass is 32.2. The molecule has 0 N–H and O–H groups in total. The van der Waals surface area contributed by atoms with Gasteiger partial charge in [-0.15, -0.1) is 11.8 Å². The molecule has 2 aromatic rings. The van der Waals surface area contributed by atoms with Crippen molar-refractivity contribution < 1.29 is 58.3 Å². The van der Waals surface area contributed by atoms with E-state index in [2.05, 4.69) is 4.84 Å². The minimum Gasteiger partial charge on any atom is -0.333 e. The zero-order chi connectivity index (χ0) is 27.7. The molecule has 0 unspecified atom stereocenters. The number of halogens is 10. The lowest BCUT2D eigenvalue weighted by atomic mass is 9.93. The van der Waals surface area contributed by atoms with Crippen molar-refractivity contribution in [2.75, 3.05) is 12.8 Å². The summed E-state index contributed by atoms with van der Waals surface area (Å²) in [6.45, 7) is 1.59. The summed E-state index contributed by atoms with van der Waals surface area (Å²) < 4.78 is 131. The molecule has 0 fully saturated rings. The maximum atomic E-state index is 14.3. The Bertz CT molecular complexity index is 1110. The van der Waals surface area contributed by atoms with Crippen LogP contribution in [-0.2, 0) is 16.7 Å². The van der Waals surface area contributed by atoms with Crippen molar-refractivity contribution >= 4 is 23.6 Å². The standard InChI is InChI=1S/C21H15F10NO3S/c1-3-36-15-10-13(19(23,24)25)7-8-14(15)16(33)32(2)35-17(34)11-5-4-6-12(9-11)18(22,20(26,27)28)21(29,30)31/h4-10H,3H2,1-2H3. The average Bonchev–Trinajstić information content (AvgIpc) is 2.76. The molecule has 0 aromatic heterocycles. The smallest absolute Gasteiger partial charge is 0.333 e. The summed E-state index contributed by atoms with van der Waals surface area (Å²) in [6.07, 6.45) is -17.6. The van der Waals surface area contributed by atoms with Gasteiger partial charge in [0.05, 0.1) is 16.7 Å². The molecule has 15 heteroatoms. The summed E-state index contributed by atoms with van der Waals surface area (Å²) in [5.74, 6) is -2.52. The van der Waals surface area contributed by atoms with E-state index >= 15 is 0 Å². The van der Waals surface area contributed by atoms with Crippen molar-refractivity contribution in [1.82, 2.24) is 5.06 Å². The SMILES string of the molecule is CCSc1cc(C(F)(F)F)ccc1C(=O)N(C)OC(=O)c1cccc(C(F)(C(F)(F)F)C(F)(F)F)c1. The summed E-state index contributed by atoms with van der Waals surface area (Å²) in [4.78, 5) is 29.5. The van der Waals surface area contributed by atoms with Crippen LogP contribution in [0.5, 0.6) is 0 Å². The number of carbonyl (C=O) groups is 2. The van der Waals surface area contributed by atoms with Crippen LogP contribution in [0.2, 0.25) is 0 Å². The average molecular weight is 551 g/mol. The molecule has 36 heavy (non-hydrogen) atoms. The molecular weight excluding hydrogens is 536 g/mol. The maximum Gasteiger partial charge on any atom is 0.435 e. The van der Waals surface area contributed by atoms with Gasteiger partial charge in [0.15, 0.2) is 0 Å². The highest BCUT2D eigenvalue weighted by molar-refractivity contribution is 7.99. The van der Waals surface area contributed by atoms with Gasteiger partial charge in [-0.25, -0.2) is 9.18 Å². The number of carbonyl (C=O) groups excluding carboxylic acids is 2. The Balaban J connectivity index is 2.35. The number of hydrogen-bond acceptors (Lipinski definition) is 4. The normalized spacial score (nSPS) is 12.9. The molecule has 0 heterocycles. The summed E-state index contributed by atoms with van der Waals surface area (Å²) in [6, 6.07) is 3.51. The third-order valence-corrected chi connectivity index (χ3v) is 5.56. The van der Waals surface area contributed by atoms with Crippen molar-refractivity contribution in [3.05, 3.63) is 64.7 Å². The maximum absolute atomic E-state index is 14.3. The second-order valence-corrected chi connectivity index (χ2v) is 8.36. The molecule has 0 saturated heterocycles. The summed E-state index contributed by atoms with van der Waals surface area (Å²) in [7, 11) is 0.840. The Hall–Kier alpha value is -2.97. The molecular formula is C21H15F10NO3S. The van der Waals surface area contributed by atoms with Crippen molar-refractivity contribution in [2.24, 2.45) is 0 Å². The number of alkyl halides is 10. The van der Waals surface area contributed by atoms with E-state index in [1.54, 1.807) is 6.92 Å². The first-order valence-electron chi connectivity index (χ1n) is 9.61. The molecule has 0 aliphatic heterocycles.